The number of nitrogens with zero attached hydrogens (tertiary/aromatic N) is 1. The highest BCUT2D eigenvalue weighted by Gasteiger charge is 2.46. The van der Waals surface area contributed by atoms with Crippen molar-refractivity contribution in [1.29, 1.82) is 0 Å². The third-order valence-electron chi connectivity index (χ3n) is 1.82. The van der Waals surface area contributed by atoms with Crippen molar-refractivity contribution in [3.8, 4) is 0 Å². The number of carbonyl (C=O) groups excluding carboxylic acids is 1. The molecule has 0 amide bonds. The molecule has 2 rings (SSSR count). The third kappa shape index (κ3) is 0.800. The van der Waals surface area contributed by atoms with Gasteiger partial charge in [0.1, 0.15) is 24.9 Å². The van der Waals surface area contributed by atoms with Gasteiger partial charge in [-0.2, -0.15) is 0 Å². The molecular formula is C6H6FNO3. The van der Waals surface area contributed by atoms with Crippen molar-refractivity contribution in [2.75, 3.05) is 13.3 Å². The Morgan fingerprint density at radius 2 is 2.55 bits per heavy atom. The molecule has 2 aliphatic heterocycles. The Bertz CT molecular complexity index is 228. The van der Waals surface area contributed by atoms with E-state index < -0.39 is 18.6 Å². The molecule has 0 spiro atoms. The standard InChI is InChI=1S/C6H6FNO3/c7-1-3-5-4(11-8-3)2-10-6(5)9/h4-5H,1-2H2/t4-,5-/m1/s1. The number of ether oxygens (including phenoxy) is 1. The second kappa shape index (κ2) is 2.18. The zero-order valence-electron chi connectivity index (χ0n) is 5.62. The molecule has 0 aromatic rings. The maximum absolute atomic E-state index is 12.1. The number of halogens is 1. The molecule has 0 unspecified atom stereocenters. The molecule has 2 heterocycles. The lowest BCUT2D eigenvalue weighted by Crippen LogP contribution is -2.25. The number of cyclic esters (lactones) is 1. The summed E-state index contributed by atoms with van der Waals surface area (Å²) in [7, 11) is 0. The van der Waals surface area contributed by atoms with Crippen molar-refractivity contribution in [2.24, 2.45) is 11.1 Å². The van der Waals surface area contributed by atoms with Gasteiger partial charge in [0.25, 0.3) is 0 Å². The summed E-state index contributed by atoms with van der Waals surface area (Å²) in [6, 6.07) is 0. The molecule has 0 N–H and O–H groups in total. The normalized spacial score (nSPS) is 34.3. The Hall–Kier alpha value is -1.13. The predicted octanol–water partition coefficient (Wildman–Crippen LogP) is -0.116. The molecule has 1 saturated heterocycles. The number of hydrogen-bond donors (Lipinski definition) is 0. The fourth-order valence-electron chi connectivity index (χ4n) is 1.24. The van der Waals surface area contributed by atoms with Gasteiger partial charge in [-0.3, -0.25) is 4.79 Å². The maximum atomic E-state index is 12.1. The Labute approximate surface area is 62.0 Å². The highest BCUT2D eigenvalue weighted by molar-refractivity contribution is 6.05. The first kappa shape index (κ1) is 6.57. The van der Waals surface area contributed by atoms with E-state index in [-0.39, 0.29) is 18.4 Å². The second-order valence-corrected chi connectivity index (χ2v) is 2.47. The summed E-state index contributed by atoms with van der Waals surface area (Å²) in [5.41, 5.74) is 0.150. The number of hydrogen-bond acceptors (Lipinski definition) is 4. The summed E-state index contributed by atoms with van der Waals surface area (Å²) in [5, 5.41) is 3.43. The minimum atomic E-state index is -0.740. The van der Waals surface area contributed by atoms with Gasteiger partial charge in [0.05, 0.1) is 0 Å². The highest BCUT2D eigenvalue weighted by Crippen LogP contribution is 2.26. The van der Waals surface area contributed by atoms with Crippen LogP contribution in [-0.2, 0) is 14.4 Å². The first-order valence-corrected chi connectivity index (χ1v) is 3.28. The van der Waals surface area contributed by atoms with E-state index in [1.165, 1.54) is 0 Å². The Balaban J connectivity index is 2.21. The predicted molar refractivity (Wildman–Crippen MR) is 32.7 cm³/mol. The van der Waals surface area contributed by atoms with Crippen LogP contribution in [0.5, 0.6) is 0 Å². The number of alkyl halides is 1. The summed E-state index contributed by atoms with van der Waals surface area (Å²) >= 11 is 0. The topological polar surface area (TPSA) is 47.9 Å². The van der Waals surface area contributed by atoms with Gasteiger partial charge in [-0.05, 0) is 0 Å². The van der Waals surface area contributed by atoms with Crippen LogP contribution in [0.3, 0.4) is 0 Å². The van der Waals surface area contributed by atoms with E-state index in [2.05, 4.69) is 9.89 Å². The Morgan fingerprint density at radius 1 is 1.73 bits per heavy atom. The van der Waals surface area contributed by atoms with Crippen LogP contribution >= 0.6 is 0 Å². The molecular weight excluding hydrogens is 153 g/mol. The number of fused-ring (bicyclic) bond motifs is 1. The van der Waals surface area contributed by atoms with E-state index in [4.69, 9.17) is 4.84 Å². The molecule has 11 heavy (non-hydrogen) atoms. The monoisotopic (exact) mass is 159 g/mol. The summed E-state index contributed by atoms with van der Waals surface area (Å²) in [5.74, 6) is -1.01. The molecule has 1 fully saturated rings. The SMILES string of the molecule is O=C1OC[C@H]2ON=C(CF)[C@@H]12. The average Bonchev–Trinajstić information content (AvgIpc) is 2.54. The van der Waals surface area contributed by atoms with E-state index in [1.54, 1.807) is 0 Å². The van der Waals surface area contributed by atoms with Crippen molar-refractivity contribution < 1.29 is 18.8 Å². The first-order valence-electron chi connectivity index (χ1n) is 3.28. The summed E-state index contributed by atoms with van der Waals surface area (Å²) in [6.45, 7) is -0.549. The van der Waals surface area contributed by atoms with Crippen LogP contribution in [-0.4, -0.2) is 31.1 Å². The molecule has 0 radical (unpaired) electrons. The van der Waals surface area contributed by atoms with Crippen LogP contribution in [0.4, 0.5) is 4.39 Å². The molecule has 5 heteroatoms. The minimum Gasteiger partial charge on any atom is -0.461 e. The van der Waals surface area contributed by atoms with E-state index in [0.29, 0.717) is 0 Å². The summed E-state index contributed by atoms with van der Waals surface area (Å²) < 4.78 is 16.7. The minimum absolute atomic E-state index is 0.150. The van der Waals surface area contributed by atoms with Crippen molar-refractivity contribution in [1.82, 2.24) is 0 Å². The van der Waals surface area contributed by atoms with Gasteiger partial charge in [-0.1, -0.05) is 5.16 Å². The molecule has 0 aromatic carbocycles. The van der Waals surface area contributed by atoms with Gasteiger partial charge in [-0.15, -0.1) is 0 Å². The molecule has 4 nitrogen and oxygen atoms in total. The molecule has 2 aliphatic rings. The van der Waals surface area contributed by atoms with E-state index in [0.717, 1.165) is 0 Å². The molecule has 0 bridgehead atoms. The Kier molecular flexibility index (Phi) is 1.30. The van der Waals surface area contributed by atoms with Gasteiger partial charge >= 0.3 is 5.97 Å². The lowest BCUT2D eigenvalue weighted by molar-refractivity contribution is -0.139. The smallest absolute Gasteiger partial charge is 0.319 e. The quantitative estimate of drug-likeness (QED) is 0.501. The van der Waals surface area contributed by atoms with Crippen LogP contribution in [0.15, 0.2) is 5.16 Å². The largest absolute Gasteiger partial charge is 0.461 e. The molecule has 60 valence electrons. The first-order chi connectivity index (χ1) is 5.33. The van der Waals surface area contributed by atoms with Gasteiger partial charge in [-0.25, -0.2) is 4.39 Å². The number of rotatable bonds is 1. The fraction of sp³-hybridized carbons (Fsp3) is 0.667. The van der Waals surface area contributed by atoms with Crippen LogP contribution < -0.4 is 0 Å². The number of oxime groups is 1. The van der Waals surface area contributed by atoms with Crippen LogP contribution in [0.1, 0.15) is 0 Å². The van der Waals surface area contributed by atoms with Crippen LogP contribution in [0.2, 0.25) is 0 Å². The zero-order chi connectivity index (χ0) is 7.84. The van der Waals surface area contributed by atoms with E-state index in [9.17, 15) is 9.18 Å². The highest BCUT2D eigenvalue weighted by atomic mass is 19.1. The maximum Gasteiger partial charge on any atom is 0.319 e. The van der Waals surface area contributed by atoms with Gasteiger partial charge in [0.2, 0.25) is 0 Å². The second-order valence-electron chi connectivity index (χ2n) is 2.47. The van der Waals surface area contributed by atoms with E-state index >= 15 is 0 Å². The summed E-state index contributed by atoms with van der Waals surface area (Å²) in [6.07, 6.45) is -0.381. The molecule has 0 saturated carbocycles. The lowest BCUT2D eigenvalue weighted by Gasteiger charge is -1.99. The summed E-state index contributed by atoms with van der Waals surface area (Å²) in [4.78, 5) is 15.6. The van der Waals surface area contributed by atoms with Crippen molar-refractivity contribution >= 4 is 11.7 Å². The zero-order valence-corrected chi connectivity index (χ0v) is 5.62. The Morgan fingerprint density at radius 3 is 3.27 bits per heavy atom. The fourth-order valence-corrected chi connectivity index (χ4v) is 1.24. The van der Waals surface area contributed by atoms with Gasteiger partial charge in [0.15, 0.2) is 6.10 Å². The number of esters is 1. The molecule has 0 aliphatic carbocycles. The molecule has 2 atom stereocenters. The lowest BCUT2D eigenvalue weighted by atomic mass is 10.0. The van der Waals surface area contributed by atoms with Crippen molar-refractivity contribution in [2.45, 2.75) is 6.10 Å². The number of carbonyl (C=O) groups is 1. The average molecular weight is 159 g/mol. The van der Waals surface area contributed by atoms with E-state index in [1.807, 2.05) is 0 Å². The third-order valence-corrected chi connectivity index (χ3v) is 1.82. The van der Waals surface area contributed by atoms with Crippen LogP contribution in [0, 0.1) is 5.92 Å². The van der Waals surface area contributed by atoms with Crippen molar-refractivity contribution in [3.63, 3.8) is 0 Å². The van der Waals surface area contributed by atoms with Crippen molar-refractivity contribution in [3.05, 3.63) is 0 Å². The molecule has 0 aromatic heterocycles. The van der Waals surface area contributed by atoms with Crippen LogP contribution in [0.25, 0.3) is 0 Å². The van der Waals surface area contributed by atoms with Gasteiger partial charge < -0.3 is 9.57 Å². The van der Waals surface area contributed by atoms with Gasteiger partial charge in [0, 0.05) is 0 Å².